The predicted octanol–water partition coefficient (Wildman–Crippen LogP) is 3.04. The molecule has 2 N–H and O–H groups in total. The largest absolute Gasteiger partial charge is 0.325 e. The van der Waals surface area contributed by atoms with E-state index < -0.39 is 0 Å². The molecule has 1 heterocycles. The lowest BCUT2D eigenvalue weighted by atomic mass is 9.90. The van der Waals surface area contributed by atoms with Crippen LogP contribution in [0.1, 0.15) is 28.3 Å². The fourth-order valence-electron chi connectivity index (χ4n) is 3.04. The molecule has 20 heavy (non-hydrogen) atoms. The zero-order valence-corrected chi connectivity index (χ0v) is 12.2. The minimum atomic E-state index is 0.325. The van der Waals surface area contributed by atoms with Crippen molar-refractivity contribution in [2.75, 3.05) is 13.1 Å². The molecule has 1 atom stereocenters. The number of nitrogens with two attached hydrogens (primary N) is 1. The van der Waals surface area contributed by atoms with Crippen LogP contribution in [0.3, 0.4) is 0 Å². The van der Waals surface area contributed by atoms with Gasteiger partial charge in [0.1, 0.15) is 0 Å². The van der Waals surface area contributed by atoms with Gasteiger partial charge in [-0.15, -0.1) is 0 Å². The maximum absolute atomic E-state index is 5.99. The van der Waals surface area contributed by atoms with Crippen LogP contribution in [-0.2, 0) is 0 Å². The summed E-state index contributed by atoms with van der Waals surface area (Å²) in [4.78, 5) is 2.47. The topological polar surface area (TPSA) is 29.3 Å². The third-order valence-corrected chi connectivity index (χ3v) is 4.15. The summed E-state index contributed by atoms with van der Waals surface area (Å²) in [6.07, 6.45) is 0. The standard InChI is InChI=1S/C18H22N2/c1-13-8-9-14(2)17(10-13)18(20-11-16(19)12-20)15-6-4-3-5-7-15/h3-10,16,18H,11-12,19H2,1-2H3. The van der Waals surface area contributed by atoms with Gasteiger partial charge in [-0.05, 0) is 30.5 Å². The van der Waals surface area contributed by atoms with E-state index in [-0.39, 0.29) is 0 Å². The Labute approximate surface area is 121 Å². The molecule has 2 nitrogen and oxygen atoms in total. The highest BCUT2D eigenvalue weighted by atomic mass is 15.2. The Bertz CT molecular complexity index is 586. The first-order valence-corrected chi connectivity index (χ1v) is 7.27. The zero-order chi connectivity index (χ0) is 14.1. The van der Waals surface area contributed by atoms with Gasteiger partial charge in [-0.1, -0.05) is 54.1 Å². The molecule has 1 aliphatic heterocycles. The van der Waals surface area contributed by atoms with Crippen molar-refractivity contribution in [1.29, 1.82) is 0 Å². The molecule has 3 rings (SSSR count). The van der Waals surface area contributed by atoms with Crippen molar-refractivity contribution in [3.63, 3.8) is 0 Å². The van der Waals surface area contributed by atoms with Crippen molar-refractivity contribution < 1.29 is 0 Å². The molecule has 2 aromatic carbocycles. The number of aryl methyl sites for hydroxylation is 2. The van der Waals surface area contributed by atoms with Crippen LogP contribution in [-0.4, -0.2) is 24.0 Å². The second kappa shape index (κ2) is 5.39. The van der Waals surface area contributed by atoms with E-state index in [9.17, 15) is 0 Å². The van der Waals surface area contributed by atoms with Crippen LogP contribution in [0.15, 0.2) is 48.5 Å². The first-order chi connectivity index (χ1) is 9.65. The van der Waals surface area contributed by atoms with E-state index in [1.54, 1.807) is 0 Å². The average Bonchev–Trinajstić information content (AvgIpc) is 2.42. The molecule has 0 amide bonds. The van der Waals surface area contributed by atoms with Gasteiger partial charge in [0.25, 0.3) is 0 Å². The maximum atomic E-state index is 5.99. The summed E-state index contributed by atoms with van der Waals surface area (Å²) >= 11 is 0. The van der Waals surface area contributed by atoms with Gasteiger partial charge in [0.05, 0.1) is 6.04 Å². The normalized spacial score (nSPS) is 17.8. The van der Waals surface area contributed by atoms with Crippen LogP contribution in [0.2, 0.25) is 0 Å². The summed E-state index contributed by atoms with van der Waals surface area (Å²) in [5, 5.41) is 0. The van der Waals surface area contributed by atoms with Crippen molar-refractivity contribution in [2.24, 2.45) is 5.73 Å². The van der Waals surface area contributed by atoms with Gasteiger partial charge >= 0.3 is 0 Å². The molecule has 1 fully saturated rings. The van der Waals surface area contributed by atoms with Gasteiger partial charge < -0.3 is 5.73 Å². The molecule has 2 aromatic rings. The lowest BCUT2D eigenvalue weighted by Crippen LogP contribution is -2.56. The Hall–Kier alpha value is -1.64. The molecule has 1 aliphatic rings. The summed E-state index contributed by atoms with van der Waals surface area (Å²) in [6.45, 7) is 6.32. The Morgan fingerprint density at radius 1 is 1.05 bits per heavy atom. The van der Waals surface area contributed by atoms with E-state index in [4.69, 9.17) is 5.73 Å². The van der Waals surface area contributed by atoms with Crippen LogP contribution in [0.5, 0.6) is 0 Å². The van der Waals surface area contributed by atoms with Crippen molar-refractivity contribution in [2.45, 2.75) is 25.9 Å². The zero-order valence-electron chi connectivity index (χ0n) is 12.2. The first kappa shape index (κ1) is 13.3. The van der Waals surface area contributed by atoms with Crippen molar-refractivity contribution in [3.8, 4) is 0 Å². The van der Waals surface area contributed by atoms with Crippen molar-refractivity contribution >= 4 is 0 Å². The van der Waals surface area contributed by atoms with Crippen molar-refractivity contribution in [3.05, 3.63) is 70.8 Å². The summed E-state index contributed by atoms with van der Waals surface area (Å²) in [7, 11) is 0. The lowest BCUT2D eigenvalue weighted by Gasteiger charge is -2.43. The quantitative estimate of drug-likeness (QED) is 0.925. The van der Waals surface area contributed by atoms with E-state index in [0.29, 0.717) is 12.1 Å². The number of likely N-dealkylation sites (tertiary alicyclic amines) is 1. The van der Waals surface area contributed by atoms with Crippen LogP contribution in [0, 0.1) is 13.8 Å². The molecule has 2 heteroatoms. The number of hydrogen-bond donors (Lipinski definition) is 1. The molecule has 0 bridgehead atoms. The monoisotopic (exact) mass is 266 g/mol. The fraction of sp³-hybridized carbons (Fsp3) is 0.333. The van der Waals surface area contributed by atoms with Crippen LogP contribution in [0.25, 0.3) is 0 Å². The van der Waals surface area contributed by atoms with Gasteiger partial charge in [0.15, 0.2) is 0 Å². The molecular weight excluding hydrogens is 244 g/mol. The summed E-state index contributed by atoms with van der Waals surface area (Å²) in [6, 6.07) is 18.1. The van der Waals surface area contributed by atoms with E-state index in [0.717, 1.165) is 13.1 Å². The minimum Gasteiger partial charge on any atom is -0.325 e. The Morgan fingerprint density at radius 2 is 1.75 bits per heavy atom. The minimum absolute atomic E-state index is 0.325. The number of rotatable bonds is 3. The molecule has 0 saturated carbocycles. The fourth-order valence-corrected chi connectivity index (χ4v) is 3.04. The highest BCUT2D eigenvalue weighted by Crippen LogP contribution is 2.34. The van der Waals surface area contributed by atoms with Crippen LogP contribution < -0.4 is 5.73 Å². The SMILES string of the molecule is Cc1ccc(C)c(C(c2ccccc2)N2CC(N)C2)c1. The van der Waals surface area contributed by atoms with Gasteiger partial charge in [-0.3, -0.25) is 4.90 Å². The molecule has 0 aromatic heterocycles. The Balaban J connectivity index is 2.03. The summed E-state index contributed by atoms with van der Waals surface area (Å²) in [5.74, 6) is 0. The average molecular weight is 266 g/mol. The van der Waals surface area contributed by atoms with Crippen molar-refractivity contribution in [1.82, 2.24) is 4.90 Å². The van der Waals surface area contributed by atoms with Gasteiger partial charge in [-0.2, -0.15) is 0 Å². The predicted molar refractivity (Wildman–Crippen MR) is 83.7 cm³/mol. The van der Waals surface area contributed by atoms with Gasteiger partial charge in [-0.25, -0.2) is 0 Å². The first-order valence-electron chi connectivity index (χ1n) is 7.27. The highest BCUT2D eigenvalue weighted by Gasteiger charge is 2.32. The Morgan fingerprint density at radius 3 is 2.40 bits per heavy atom. The van der Waals surface area contributed by atoms with E-state index >= 15 is 0 Å². The van der Waals surface area contributed by atoms with Gasteiger partial charge in [0, 0.05) is 19.1 Å². The molecule has 104 valence electrons. The highest BCUT2D eigenvalue weighted by molar-refractivity contribution is 5.39. The molecule has 0 spiro atoms. The third-order valence-electron chi connectivity index (χ3n) is 4.15. The smallest absolute Gasteiger partial charge is 0.0605 e. The molecule has 1 saturated heterocycles. The van der Waals surface area contributed by atoms with Crippen LogP contribution in [0.4, 0.5) is 0 Å². The third kappa shape index (κ3) is 2.49. The summed E-state index contributed by atoms with van der Waals surface area (Å²) in [5.41, 5.74) is 11.4. The number of nitrogens with zero attached hydrogens (tertiary/aromatic N) is 1. The van der Waals surface area contributed by atoms with Crippen LogP contribution >= 0.6 is 0 Å². The Kier molecular flexibility index (Phi) is 3.60. The van der Waals surface area contributed by atoms with E-state index in [2.05, 4.69) is 67.3 Å². The lowest BCUT2D eigenvalue weighted by molar-refractivity contribution is 0.113. The van der Waals surface area contributed by atoms with E-state index in [1.165, 1.54) is 22.3 Å². The van der Waals surface area contributed by atoms with Gasteiger partial charge in [0.2, 0.25) is 0 Å². The molecular formula is C18H22N2. The number of benzene rings is 2. The molecule has 0 aliphatic carbocycles. The van der Waals surface area contributed by atoms with E-state index in [1.807, 2.05) is 0 Å². The molecule has 1 unspecified atom stereocenters. The maximum Gasteiger partial charge on any atom is 0.0605 e. The number of hydrogen-bond acceptors (Lipinski definition) is 2. The second-order valence-corrected chi connectivity index (χ2v) is 5.89. The second-order valence-electron chi connectivity index (χ2n) is 5.89. The summed E-state index contributed by atoms with van der Waals surface area (Å²) < 4.78 is 0. The molecule has 0 radical (unpaired) electrons.